The number of amides is 1. The van der Waals surface area contributed by atoms with Crippen molar-refractivity contribution in [2.24, 2.45) is 0 Å². The number of rotatable bonds is 9. The van der Waals surface area contributed by atoms with Crippen molar-refractivity contribution in [3.63, 3.8) is 0 Å². The van der Waals surface area contributed by atoms with Gasteiger partial charge in [0.1, 0.15) is 11.5 Å². The summed E-state index contributed by atoms with van der Waals surface area (Å²) in [5.74, 6) is 0.227. The van der Waals surface area contributed by atoms with Crippen LogP contribution in [0.25, 0.3) is 0 Å². The van der Waals surface area contributed by atoms with Crippen LogP contribution >= 0.6 is 23.2 Å². The van der Waals surface area contributed by atoms with Gasteiger partial charge in [0, 0.05) is 27.6 Å². The molecule has 10 heteroatoms. The molecule has 0 aliphatic carbocycles. The van der Waals surface area contributed by atoms with Gasteiger partial charge >= 0.3 is 0 Å². The maximum absolute atomic E-state index is 14.7. The maximum Gasteiger partial charge on any atom is 0.298 e. The number of piperidine rings is 1. The number of methoxy groups -OCH3 is 2. The normalized spacial score (nSPS) is 20.2. The molecule has 1 unspecified atom stereocenters. The Balaban J connectivity index is 1.68. The monoisotopic (exact) mass is 667 g/mol. The fourth-order valence-corrected chi connectivity index (χ4v) is 7.87. The van der Waals surface area contributed by atoms with Gasteiger partial charge in [-0.15, -0.1) is 0 Å². The van der Waals surface area contributed by atoms with Crippen LogP contribution in [0.3, 0.4) is 0 Å². The number of aryl methyl sites for hydroxylation is 2. The van der Waals surface area contributed by atoms with Crippen LogP contribution in [0.15, 0.2) is 89.8 Å². The van der Waals surface area contributed by atoms with Crippen molar-refractivity contribution in [3.05, 3.63) is 123 Å². The molecule has 4 aromatic rings. The fraction of sp³-hybridized carbons (Fsp3) is 0.286. The second kappa shape index (κ2) is 13.0. The van der Waals surface area contributed by atoms with Crippen LogP contribution in [0, 0.1) is 13.8 Å². The maximum atomic E-state index is 14.7. The van der Waals surface area contributed by atoms with Crippen LogP contribution in [0.2, 0.25) is 10.0 Å². The summed E-state index contributed by atoms with van der Waals surface area (Å²) >= 11 is 12.7. The Morgan fingerprint density at radius 1 is 0.867 bits per heavy atom. The van der Waals surface area contributed by atoms with E-state index < -0.39 is 33.6 Å². The summed E-state index contributed by atoms with van der Waals surface area (Å²) in [4.78, 5) is 16.4. The molecule has 4 aromatic carbocycles. The molecule has 1 aliphatic rings. The lowest BCUT2D eigenvalue weighted by atomic mass is 9.74. The summed E-state index contributed by atoms with van der Waals surface area (Å²) in [5, 5.41) is 1.07. The minimum Gasteiger partial charge on any atom is -0.497 e. The van der Waals surface area contributed by atoms with Gasteiger partial charge in [0.25, 0.3) is 16.0 Å². The van der Waals surface area contributed by atoms with E-state index in [0.29, 0.717) is 32.7 Å². The third kappa shape index (κ3) is 6.84. The Morgan fingerprint density at radius 3 is 2.24 bits per heavy atom. The number of halogens is 2. The molecule has 5 rings (SSSR count). The zero-order chi connectivity index (χ0) is 32.5. The molecule has 1 heterocycles. The zero-order valence-electron chi connectivity index (χ0n) is 25.7. The average molecular weight is 669 g/mol. The minimum absolute atomic E-state index is 0.0182. The molecular weight excluding hydrogens is 633 g/mol. The van der Waals surface area contributed by atoms with Crippen LogP contribution in [0.4, 0.5) is 0 Å². The number of likely N-dealkylation sites (tertiary alicyclic amines) is 1. The van der Waals surface area contributed by atoms with Gasteiger partial charge in [-0.25, -0.2) is 4.18 Å². The number of benzene rings is 4. The molecular formula is C35H35Cl2NO6S. The van der Waals surface area contributed by atoms with E-state index in [2.05, 4.69) is 0 Å². The van der Waals surface area contributed by atoms with Crippen molar-refractivity contribution in [1.29, 1.82) is 0 Å². The highest BCUT2D eigenvalue weighted by molar-refractivity contribution is 7.86. The van der Waals surface area contributed by atoms with Gasteiger partial charge in [-0.1, -0.05) is 65.2 Å². The first-order valence-corrected chi connectivity index (χ1v) is 16.6. The third-order valence-corrected chi connectivity index (χ3v) is 10.3. The van der Waals surface area contributed by atoms with E-state index >= 15 is 0 Å². The van der Waals surface area contributed by atoms with Gasteiger partial charge in [0.15, 0.2) is 5.60 Å². The van der Waals surface area contributed by atoms with E-state index in [9.17, 15) is 13.2 Å². The Kier molecular flexibility index (Phi) is 9.52. The molecule has 7 nitrogen and oxygen atoms in total. The smallest absolute Gasteiger partial charge is 0.298 e. The van der Waals surface area contributed by atoms with Crippen LogP contribution < -0.4 is 9.47 Å². The predicted molar refractivity (Wildman–Crippen MR) is 176 cm³/mol. The van der Waals surface area contributed by atoms with Crippen molar-refractivity contribution in [3.8, 4) is 11.5 Å². The zero-order valence-corrected chi connectivity index (χ0v) is 28.0. The summed E-state index contributed by atoms with van der Waals surface area (Å²) in [6.45, 7) is 5.24. The Bertz CT molecular complexity index is 1830. The van der Waals surface area contributed by atoms with Gasteiger partial charge < -0.3 is 14.4 Å². The molecule has 1 saturated heterocycles. The minimum atomic E-state index is -4.35. The second-order valence-corrected chi connectivity index (χ2v) is 13.9. The standard InChI is InChI=1S/C35H35Cl2NO6S/c1-22-9-16-32(23(2)17-22)45(40,41)44-35(3)20-30(25-7-6-8-28(37)18-25)33(24-10-13-27(36)14-11-24)38(34(35)39)21-26-12-15-29(42-4)19-31(26)43-5/h6-19,30,33H,20-21H2,1-5H3/t30-,33-,35?/m1/s1. The van der Waals surface area contributed by atoms with Gasteiger partial charge in [-0.2, -0.15) is 8.42 Å². The number of hydrogen-bond donors (Lipinski definition) is 0. The van der Waals surface area contributed by atoms with Crippen molar-refractivity contribution in [2.75, 3.05) is 14.2 Å². The SMILES string of the molecule is COc1ccc(CN2C(=O)C(C)(OS(=O)(=O)c3ccc(C)cc3C)C[C@H](c3cccc(Cl)c3)[C@H]2c2ccc(Cl)cc2)c(OC)c1. The van der Waals surface area contributed by atoms with E-state index in [1.807, 2.05) is 43.3 Å². The van der Waals surface area contributed by atoms with Crippen molar-refractivity contribution in [1.82, 2.24) is 4.90 Å². The number of carbonyl (C=O) groups is 1. The van der Waals surface area contributed by atoms with Crippen molar-refractivity contribution < 1.29 is 26.9 Å². The average Bonchev–Trinajstić information content (AvgIpc) is 2.99. The highest BCUT2D eigenvalue weighted by atomic mass is 35.5. The van der Waals surface area contributed by atoms with E-state index in [0.717, 1.165) is 16.7 Å². The molecule has 0 spiro atoms. The molecule has 1 aliphatic heterocycles. The van der Waals surface area contributed by atoms with Gasteiger partial charge in [-0.05, 0) is 86.3 Å². The first kappa shape index (κ1) is 32.8. The lowest BCUT2D eigenvalue weighted by Crippen LogP contribution is -2.57. The molecule has 1 amide bonds. The van der Waals surface area contributed by atoms with Gasteiger partial charge in [-0.3, -0.25) is 4.79 Å². The summed E-state index contributed by atoms with van der Waals surface area (Å²) in [7, 11) is -1.24. The molecule has 0 saturated carbocycles. The number of carbonyl (C=O) groups excluding carboxylic acids is 1. The predicted octanol–water partition coefficient (Wildman–Crippen LogP) is 8.05. The van der Waals surface area contributed by atoms with Crippen LogP contribution in [-0.4, -0.2) is 39.0 Å². The molecule has 0 radical (unpaired) electrons. The van der Waals surface area contributed by atoms with Gasteiger partial charge in [0.2, 0.25) is 0 Å². The molecule has 3 atom stereocenters. The van der Waals surface area contributed by atoms with E-state index in [1.54, 1.807) is 75.4 Å². The number of hydrogen-bond acceptors (Lipinski definition) is 6. The fourth-order valence-electron chi connectivity index (χ4n) is 6.15. The van der Waals surface area contributed by atoms with Crippen LogP contribution in [-0.2, 0) is 25.6 Å². The van der Waals surface area contributed by atoms with Crippen LogP contribution in [0.1, 0.15) is 53.1 Å². The lowest BCUT2D eigenvalue weighted by molar-refractivity contribution is -0.158. The van der Waals surface area contributed by atoms with Gasteiger partial charge in [0.05, 0.1) is 31.7 Å². The lowest BCUT2D eigenvalue weighted by Gasteiger charge is -2.48. The van der Waals surface area contributed by atoms with Crippen molar-refractivity contribution in [2.45, 2.75) is 56.2 Å². The third-order valence-electron chi connectivity index (χ3n) is 8.26. The molecule has 45 heavy (non-hydrogen) atoms. The Hall–Kier alpha value is -3.56. The van der Waals surface area contributed by atoms with Crippen LogP contribution in [0.5, 0.6) is 11.5 Å². The molecule has 0 bridgehead atoms. The summed E-state index contributed by atoms with van der Waals surface area (Å²) < 4.78 is 44.8. The van der Waals surface area contributed by atoms with E-state index in [4.69, 9.17) is 36.9 Å². The Morgan fingerprint density at radius 2 is 1.60 bits per heavy atom. The molecule has 0 aromatic heterocycles. The van der Waals surface area contributed by atoms with Crippen molar-refractivity contribution >= 4 is 39.2 Å². The summed E-state index contributed by atoms with van der Waals surface area (Å²) in [6.07, 6.45) is 0.0693. The quantitative estimate of drug-likeness (QED) is 0.168. The summed E-state index contributed by atoms with van der Waals surface area (Å²) in [5.41, 5.74) is 2.05. The molecule has 0 N–H and O–H groups in total. The first-order valence-electron chi connectivity index (χ1n) is 14.4. The summed E-state index contributed by atoms with van der Waals surface area (Å²) in [6, 6.07) is 24.5. The first-order chi connectivity index (χ1) is 21.3. The molecule has 1 fully saturated rings. The topological polar surface area (TPSA) is 82.1 Å². The second-order valence-electron chi connectivity index (χ2n) is 11.5. The highest BCUT2D eigenvalue weighted by Gasteiger charge is 2.53. The number of ether oxygens (including phenoxy) is 2. The largest absolute Gasteiger partial charge is 0.497 e. The van der Waals surface area contributed by atoms with E-state index in [1.165, 1.54) is 6.07 Å². The Labute approximate surface area is 274 Å². The highest BCUT2D eigenvalue weighted by Crippen LogP contribution is 2.50. The number of nitrogens with zero attached hydrogens (tertiary/aromatic N) is 1. The molecule has 236 valence electrons. The van der Waals surface area contributed by atoms with E-state index in [-0.39, 0.29) is 17.9 Å².